The van der Waals surface area contributed by atoms with Gasteiger partial charge < -0.3 is 5.32 Å². The number of thiophene rings is 1. The van der Waals surface area contributed by atoms with Crippen LogP contribution in [0, 0.1) is 0 Å². The Morgan fingerprint density at radius 1 is 1.29 bits per heavy atom. The van der Waals surface area contributed by atoms with E-state index in [9.17, 15) is 0 Å². The Morgan fingerprint density at radius 2 is 2.10 bits per heavy atom. The van der Waals surface area contributed by atoms with Gasteiger partial charge in [0.05, 0.1) is 11.1 Å². The summed E-state index contributed by atoms with van der Waals surface area (Å²) in [5, 5.41) is 6.67. The number of benzene rings is 1. The van der Waals surface area contributed by atoms with Crippen LogP contribution in [0.25, 0.3) is 0 Å². The maximum Gasteiger partial charge on any atom is 0.0688 e. The van der Waals surface area contributed by atoms with Crippen molar-refractivity contribution in [1.82, 2.24) is 5.32 Å². The Bertz CT molecular complexity index is 588. The van der Waals surface area contributed by atoms with Crippen LogP contribution in [0.3, 0.4) is 0 Å². The average Bonchev–Trinajstić information content (AvgIpc) is 2.85. The zero-order valence-corrected chi connectivity index (χ0v) is 14.0. The first-order valence-electron chi connectivity index (χ1n) is 7.86. The highest BCUT2D eigenvalue weighted by Crippen LogP contribution is 2.42. The maximum absolute atomic E-state index is 6.41. The van der Waals surface area contributed by atoms with Gasteiger partial charge in [-0.25, -0.2) is 0 Å². The molecule has 1 heterocycles. The van der Waals surface area contributed by atoms with E-state index in [-0.39, 0.29) is 6.04 Å². The third-order valence-corrected chi connectivity index (χ3v) is 5.78. The smallest absolute Gasteiger partial charge is 0.0688 e. The summed E-state index contributed by atoms with van der Waals surface area (Å²) in [5.74, 6) is 0.742. The lowest BCUT2D eigenvalue weighted by molar-refractivity contribution is 0.414. The first kappa shape index (κ1) is 15.1. The van der Waals surface area contributed by atoms with Gasteiger partial charge in [-0.1, -0.05) is 49.2 Å². The molecule has 0 saturated heterocycles. The van der Waals surface area contributed by atoms with Crippen molar-refractivity contribution in [3.8, 4) is 0 Å². The number of hydrogen-bond acceptors (Lipinski definition) is 2. The van der Waals surface area contributed by atoms with E-state index in [1.54, 1.807) is 11.3 Å². The average molecular weight is 320 g/mol. The Hall–Kier alpha value is -0.830. The van der Waals surface area contributed by atoms with Crippen LogP contribution in [0.5, 0.6) is 0 Å². The predicted molar refractivity (Wildman–Crippen MR) is 92.5 cm³/mol. The second kappa shape index (κ2) is 6.95. The third kappa shape index (κ3) is 3.18. The van der Waals surface area contributed by atoms with Crippen molar-refractivity contribution in [2.45, 2.75) is 44.6 Å². The minimum atomic E-state index is 0.231. The summed E-state index contributed by atoms with van der Waals surface area (Å²) >= 11 is 8.17. The zero-order chi connectivity index (χ0) is 14.7. The fourth-order valence-electron chi connectivity index (χ4n) is 3.01. The van der Waals surface area contributed by atoms with Gasteiger partial charge in [0.2, 0.25) is 0 Å². The van der Waals surface area contributed by atoms with Gasteiger partial charge in [0.25, 0.3) is 0 Å². The van der Waals surface area contributed by atoms with Crippen LogP contribution in [0.2, 0.25) is 5.02 Å². The lowest BCUT2D eigenvalue weighted by Crippen LogP contribution is -2.25. The largest absolute Gasteiger partial charge is 0.306 e. The van der Waals surface area contributed by atoms with Crippen LogP contribution in [-0.2, 0) is 0 Å². The van der Waals surface area contributed by atoms with Crippen molar-refractivity contribution in [3.05, 3.63) is 56.7 Å². The van der Waals surface area contributed by atoms with E-state index in [0.29, 0.717) is 0 Å². The summed E-state index contributed by atoms with van der Waals surface area (Å²) in [6.45, 7) is 3.22. The number of hydrogen-bond donors (Lipinski definition) is 1. The van der Waals surface area contributed by atoms with E-state index in [2.05, 4.69) is 41.9 Å². The molecule has 0 aliphatic heterocycles. The minimum absolute atomic E-state index is 0.231. The topological polar surface area (TPSA) is 12.0 Å². The quantitative estimate of drug-likeness (QED) is 0.714. The maximum atomic E-state index is 6.41. The number of nitrogens with one attached hydrogen (secondary N) is 1. The van der Waals surface area contributed by atoms with E-state index in [4.69, 9.17) is 11.6 Å². The highest BCUT2D eigenvalue weighted by molar-refractivity contribution is 7.10. The molecule has 1 aromatic carbocycles. The fraction of sp³-hybridized carbons (Fsp3) is 0.444. The number of halogens is 1. The Balaban J connectivity index is 1.98. The SMILES string of the molecule is CCCNC(c1ccccc1C1CCC1)c1sccc1Cl. The lowest BCUT2D eigenvalue weighted by atomic mass is 9.77. The van der Waals surface area contributed by atoms with Crippen LogP contribution in [0.1, 0.15) is 60.6 Å². The minimum Gasteiger partial charge on any atom is -0.306 e. The fourth-order valence-corrected chi connectivity index (χ4v) is 4.27. The Labute approximate surface area is 136 Å². The highest BCUT2D eigenvalue weighted by atomic mass is 35.5. The van der Waals surface area contributed by atoms with Crippen LogP contribution < -0.4 is 5.32 Å². The molecule has 1 fully saturated rings. The molecule has 1 atom stereocenters. The van der Waals surface area contributed by atoms with Crippen molar-refractivity contribution in [2.24, 2.45) is 0 Å². The van der Waals surface area contributed by atoms with Gasteiger partial charge in [-0.2, -0.15) is 0 Å². The van der Waals surface area contributed by atoms with E-state index in [1.165, 1.54) is 35.3 Å². The molecule has 0 radical (unpaired) electrons. The van der Waals surface area contributed by atoms with Crippen LogP contribution in [0.15, 0.2) is 35.7 Å². The molecule has 1 aromatic heterocycles. The summed E-state index contributed by atoms with van der Waals surface area (Å²) in [6, 6.07) is 11.1. The molecule has 1 nitrogen and oxygen atoms in total. The Morgan fingerprint density at radius 3 is 2.71 bits per heavy atom. The molecule has 1 aliphatic rings. The van der Waals surface area contributed by atoms with Crippen molar-refractivity contribution in [2.75, 3.05) is 6.54 Å². The molecule has 1 N–H and O–H groups in total. The first-order chi connectivity index (χ1) is 10.3. The molecule has 0 spiro atoms. The summed E-state index contributed by atoms with van der Waals surface area (Å²) in [7, 11) is 0. The van der Waals surface area contributed by atoms with Gasteiger partial charge in [-0.3, -0.25) is 0 Å². The van der Waals surface area contributed by atoms with Gasteiger partial charge in [-0.05, 0) is 54.3 Å². The van der Waals surface area contributed by atoms with E-state index >= 15 is 0 Å². The van der Waals surface area contributed by atoms with Crippen LogP contribution in [-0.4, -0.2) is 6.54 Å². The summed E-state index contributed by atoms with van der Waals surface area (Å²) in [6.07, 6.45) is 5.16. The van der Waals surface area contributed by atoms with Gasteiger partial charge in [0.15, 0.2) is 0 Å². The summed E-state index contributed by atoms with van der Waals surface area (Å²) < 4.78 is 0. The number of rotatable bonds is 6. The van der Waals surface area contributed by atoms with Crippen molar-refractivity contribution in [3.63, 3.8) is 0 Å². The molecule has 1 saturated carbocycles. The first-order valence-corrected chi connectivity index (χ1v) is 9.12. The molecule has 1 aliphatic carbocycles. The predicted octanol–water partition coefficient (Wildman–Crippen LogP) is 5.76. The monoisotopic (exact) mass is 319 g/mol. The summed E-state index contributed by atoms with van der Waals surface area (Å²) in [4.78, 5) is 1.25. The molecule has 112 valence electrons. The van der Waals surface area contributed by atoms with Gasteiger partial charge in [0.1, 0.15) is 0 Å². The van der Waals surface area contributed by atoms with Gasteiger partial charge in [-0.15, -0.1) is 11.3 Å². The standard InChI is InChI=1S/C18H22ClNS/c1-2-11-20-17(18-16(19)10-12-21-18)15-9-4-3-8-14(15)13-6-5-7-13/h3-4,8-10,12-13,17,20H,2,5-7,11H2,1H3. The molecule has 3 heteroatoms. The molecule has 21 heavy (non-hydrogen) atoms. The highest BCUT2D eigenvalue weighted by Gasteiger charge is 2.26. The van der Waals surface area contributed by atoms with Crippen LogP contribution >= 0.6 is 22.9 Å². The lowest BCUT2D eigenvalue weighted by Gasteiger charge is -2.30. The van der Waals surface area contributed by atoms with Crippen molar-refractivity contribution >= 4 is 22.9 Å². The van der Waals surface area contributed by atoms with Gasteiger partial charge in [0, 0.05) is 4.88 Å². The zero-order valence-electron chi connectivity index (χ0n) is 12.4. The molecule has 1 unspecified atom stereocenters. The van der Waals surface area contributed by atoms with Crippen LogP contribution in [0.4, 0.5) is 0 Å². The second-order valence-corrected chi connectivity index (χ2v) is 7.13. The molecular formula is C18H22ClNS. The van der Waals surface area contributed by atoms with E-state index in [0.717, 1.165) is 23.9 Å². The Kier molecular flexibility index (Phi) is 4.99. The summed E-state index contributed by atoms with van der Waals surface area (Å²) in [5.41, 5.74) is 2.93. The van der Waals surface area contributed by atoms with E-state index in [1.807, 2.05) is 6.07 Å². The molecule has 3 rings (SSSR count). The second-order valence-electron chi connectivity index (χ2n) is 5.78. The normalized spacial score (nSPS) is 16.7. The van der Waals surface area contributed by atoms with E-state index < -0.39 is 0 Å². The van der Waals surface area contributed by atoms with Crippen molar-refractivity contribution in [1.29, 1.82) is 0 Å². The molecular weight excluding hydrogens is 298 g/mol. The van der Waals surface area contributed by atoms with Crippen molar-refractivity contribution < 1.29 is 0 Å². The molecule has 2 aromatic rings. The molecule has 0 amide bonds. The third-order valence-electron chi connectivity index (χ3n) is 4.36. The molecule has 0 bridgehead atoms. The van der Waals surface area contributed by atoms with Gasteiger partial charge >= 0.3 is 0 Å².